The molecule has 3 aromatic rings. The molecule has 0 aliphatic carbocycles. The van der Waals surface area contributed by atoms with E-state index in [9.17, 15) is 8.78 Å². The summed E-state index contributed by atoms with van der Waals surface area (Å²) in [5, 5.41) is 3.45. The second-order valence-electron chi connectivity index (χ2n) is 7.24. The van der Waals surface area contributed by atoms with Crippen molar-refractivity contribution >= 4 is 5.84 Å². The maximum atomic E-state index is 13.8. The van der Waals surface area contributed by atoms with Gasteiger partial charge in [-0.05, 0) is 54.3 Å². The van der Waals surface area contributed by atoms with Crippen molar-refractivity contribution in [2.24, 2.45) is 4.99 Å². The summed E-state index contributed by atoms with van der Waals surface area (Å²) in [4.78, 5) is 4.84. The molecule has 0 fully saturated rings. The fourth-order valence-corrected chi connectivity index (χ4v) is 3.73. The average molecular weight is 376 g/mol. The molecule has 1 aliphatic rings. The number of halogens is 2. The molecule has 2 nitrogen and oxygen atoms in total. The molecule has 0 aromatic heterocycles. The first-order valence-electron chi connectivity index (χ1n) is 9.48. The number of nitrogens with zero attached hydrogens (tertiary/aromatic N) is 1. The van der Waals surface area contributed by atoms with E-state index in [1.807, 2.05) is 12.1 Å². The van der Waals surface area contributed by atoms with Crippen molar-refractivity contribution in [2.45, 2.75) is 31.8 Å². The van der Waals surface area contributed by atoms with E-state index < -0.39 is 0 Å². The van der Waals surface area contributed by atoms with E-state index in [0.717, 1.165) is 29.8 Å². The Balaban J connectivity index is 1.60. The minimum atomic E-state index is -0.293. The molecule has 1 heterocycles. The second kappa shape index (κ2) is 7.93. The van der Waals surface area contributed by atoms with Crippen LogP contribution in [0.1, 0.15) is 40.8 Å². The third-order valence-electron chi connectivity index (χ3n) is 5.06. The Bertz CT molecular complexity index is 1010. The van der Waals surface area contributed by atoms with Crippen molar-refractivity contribution in [3.8, 4) is 0 Å². The Morgan fingerprint density at radius 2 is 1.50 bits per heavy atom. The molecular weight excluding hydrogens is 354 g/mol. The summed E-state index contributed by atoms with van der Waals surface area (Å²) in [5.74, 6) is 0.287. The van der Waals surface area contributed by atoms with Crippen LogP contribution in [0.3, 0.4) is 0 Å². The van der Waals surface area contributed by atoms with Crippen LogP contribution < -0.4 is 5.32 Å². The van der Waals surface area contributed by atoms with Gasteiger partial charge in [0.15, 0.2) is 0 Å². The third-order valence-corrected chi connectivity index (χ3v) is 5.06. The van der Waals surface area contributed by atoms with Crippen LogP contribution in [0.2, 0.25) is 0 Å². The third kappa shape index (κ3) is 4.11. The van der Waals surface area contributed by atoms with E-state index in [4.69, 9.17) is 4.99 Å². The molecule has 0 radical (unpaired) electrons. The van der Waals surface area contributed by atoms with Gasteiger partial charge in [0.25, 0.3) is 0 Å². The van der Waals surface area contributed by atoms with Gasteiger partial charge in [-0.15, -0.1) is 0 Å². The molecule has 0 amide bonds. The lowest BCUT2D eigenvalue weighted by molar-refractivity contribution is 0.555. The highest BCUT2D eigenvalue weighted by atomic mass is 19.1. The van der Waals surface area contributed by atoms with Crippen molar-refractivity contribution in [3.05, 3.63) is 107 Å². The zero-order chi connectivity index (χ0) is 19.5. The molecule has 4 rings (SSSR count). The number of hydrogen-bond donors (Lipinski definition) is 1. The van der Waals surface area contributed by atoms with Gasteiger partial charge in [0.2, 0.25) is 0 Å². The first-order valence-corrected chi connectivity index (χ1v) is 9.48. The molecule has 3 aromatic carbocycles. The fraction of sp³-hybridized carbons (Fsp3) is 0.208. The van der Waals surface area contributed by atoms with Crippen LogP contribution in [-0.2, 0) is 6.42 Å². The molecule has 0 unspecified atom stereocenters. The maximum Gasteiger partial charge on any atom is 0.123 e. The van der Waals surface area contributed by atoms with Gasteiger partial charge < -0.3 is 5.32 Å². The van der Waals surface area contributed by atoms with Gasteiger partial charge in [-0.2, -0.15) is 0 Å². The zero-order valence-electron chi connectivity index (χ0n) is 15.7. The number of aliphatic imine (C=N–C) groups is 1. The zero-order valence-corrected chi connectivity index (χ0v) is 15.7. The highest BCUT2D eigenvalue weighted by Gasteiger charge is 2.31. The van der Waals surface area contributed by atoms with Gasteiger partial charge in [-0.1, -0.05) is 54.1 Å². The Morgan fingerprint density at radius 3 is 2.21 bits per heavy atom. The van der Waals surface area contributed by atoms with Crippen molar-refractivity contribution in [2.75, 3.05) is 0 Å². The van der Waals surface area contributed by atoms with Gasteiger partial charge in [0.1, 0.15) is 17.7 Å². The van der Waals surface area contributed by atoms with Crippen LogP contribution in [0.5, 0.6) is 0 Å². The van der Waals surface area contributed by atoms with Gasteiger partial charge >= 0.3 is 0 Å². The lowest BCUT2D eigenvalue weighted by Gasteiger charge is -2.20. The predicted octanol–water partition coefficient (Wildman–Crippen LogP) is 5.69. The molecular formula is C24H22F2N2. The molecule has 4 heteroatoms. The Morgan fingerprint density at radius 1 is 0.821 bits per heavy atom. The van der Waals surface area contributed by atoms with E-state index in [0.29, 0.717) is 0 Å². The maximum absolute atomic E-state index is 13.8. The minimum Gasteiger partial charge on any atom is -0.364 e. The highest BCUT2D eigenvalue weighted by molar-refractivity contribution is 5.85. The van der Waals surface area contributed by atoms with Crippen molar-refractivity contribution in [3.63, 3.8) is 0 Å². The Hall–Kier alpha value is -3.01. The van der Waals surface area contributed by atoms with Crippen molar-refractivity contribution in [1.29, 1.82) is 0 Å². The minimum absolute atomic E-state index is 0.218. The predicted molar refractivity (Wildman–Crippen MR) is 108 cm³/mol. The van der Waals surface area contributed by atoms with Crippen LogP contribution in [0.25, 0.3) is 0 Å². The average Bonchev–Trinajstić information content (AvgIpc) is 3.11. The SMILES string of the molecule is Cc1cccc(CCC2=N[C@@H](c3cccc(F)c3)[C@@H](c3cccc(F)c3)N2)c1. The van der Waals surface area contributed by atoms with Crippen LogP contribution in [-0.4, -0.2) is 5.84 Å². The summed E-state index contributed by atoms with van der Waals surface area (Å²) in [6.07, 6.45) is 1.61. The van der Waals surface area contributed by atoms with E-state index >= 15 is 0 Å². The normalized spacial score (nSPS) is 18.6. The number of amidine groups is 1. The van der Waals surface area contributed by atoms with E-state index in [1.165, 1.54) is 35.4 Å². The quantitative estimate of drug-likeness (QED) is 0.608. The summed E-state index contributed by atoms with van der Waals surface area (Å²) < 4.78 is 27.6. The standard InChI is InChI=1S/C24H22F2N2/c1-16-5-2-6-17(13-16)11-12-22-27-23(18-7-3-9-20(25)14-18)24(28-22)19-8-4-10-21(26)15-19/h2-10,13-15,23-24H,11-12H2,1H3,(H,27,28)/t23-,24+. The monoisotopic (exact) mass is 376 g/mol. The first kappa shape index (κ1) is 18.4. The number of nitrogens with one attached hydrogen (secondary N) is 1. The molecule has 142 valence electrons. The summed E-state index contributed by atoms with van der Waals surface area (Å²) in [5.41, 5.74) is 4.07. The Labute approximate surface area is 164 Å². The number of hydrogen-bond acceptors (Lipinski definition) is 2. The van der Waals surface area contributed by atoms with E-state index in [2.05, 4.69) is 36.5 Å². The van der Waals surface area contributed by atoms with Crippen LogP contribution in [0, 0.1) is 18.6 Å². The highest BCUT2D eigenvalue weighted by Crippen LogP contribution is 2.37. The van der Waals surface area contributed by atoms with Gasteiger partial charge in [-0.25, -0.2) is 8.78 Å². The molecule has 0 spiro atoms. The van der Waals surface area contributed by atoms with Crippen LogP contribution >= 0.6 is 0 Å². The van der Waals surface area contributed by atoms with Gasteiger partial charge in [-0.3, -0.25) is 4.99 Å². The van der Waals surface area contributed by atoms with Gasteiger partial charge in [0.05, 0.1) is 11.9 Å². The molecule has 1 aliphatic heterocycles. The smallest absolute Gasteiger partial charge is 0.123 e. The lowest BCUT2D eigenvalue weighted by Crippen LogP contribution is -2.24. The van der Waals surface area contributed by atoms with Crippen LogP contribution in [0.15, 0.2) is 77.8 Å². The summed E-state index contributed by atoms with van der Waals surface area (Å²) >= 11 is 0. The summed E-state index contributed by atoms with van der Waals surface area (Å²) in [6.45, 7) is 2.08. The number of benzene rings is 3. The van der Waals surface area contributed by atoms with Crippen molar-refractivity contribution < 1.29 is 8.78 Å². The number of aryl methyl sites for hydroxylation is 2. The molecule has 0 bridgehead atoms. The van der Waals surface area contributed by atoms with E-state index in [-0.39, 0.29) is 23.7 Å². The molecule has 1 N–H and O–H groups in total. The molecule has 0 saturated carbocycles. The number of rotatable bonds is 5. The van der Waals surface area contributed by atoms with Crippen molar-refractivity contribution in [1.82, 2.24) is 5.32 Å². The van der Waals surface area contributed by atoms with E-state index in [1.54, 1.807) is 12.1 Å². The topological polar surface area (TPSA) is 24.4 Å². The first-order chi connectivity index (χ1) is 13.6. The summed E-state index contributed by atoms with van der Waals surface area (Å²) in [7, 11) is 0. The molecule has 0 saturated heterocycles. The van der Waals surface area contributed by atoms with Crippen LogP contribution in [0.4, 0.5) is 8.78 Å². The lowest BCUT2D eigenvalue weighted by atomic mass is 9.95. The molecule has 28 heavy (non-hydrogen) atoms. The van der Waals surface area contributed by atoms with Gasteiger partial charge in [0, 0.05) is 6.42 Å². The Kier molecular flexibility index (Phi) is 5.20. The fourth-order valence-electron chi connectivity index (χ4n) is 3.73. The largest absolute Gasteiger partial charge is 0.364 e. The molecule has 2 atom stereocenters. The second-order valence-corrected chi connectivity index (χ2v) is 7.24. The summed E-state index contributed by atoms with van der Waals surface area (Å²) in [6, 6.07) is 20.9.